The van der Waals surface area contributed by atoms with Crippen LogP contribution in [-0.2, 0) is 0 Å². The van der Waals surface area contributed by atoms with E-state index in [4.69, 9.17) is 33.3 Å². The SMILES string of the molecule is CCOc1ccc(Oc2ccc(Cl)cc2NC(=S)NC2CC2)cc1. The molecule has 2 aromatic carbocycles. The molecule has 0 unspecified atom stereocenters. The standard InChI is InChI=1S/C18H19ClN2O2S/c1-2-22-14-6-8-15(9-7-14)23-17-10-3-12(19)11-16(17)21-18(24)20-13-4-5-13/h3,6-11,13H,2,4-5H2,1H3,(H2,20,21,24). The van der Waals surface area contributed by atoms with Gasteiger partial charge in [0, 0.05) is 11.1 Å². The van der Waals surface area contributed by atoms with Gasteiger partial charge in [-0.2, -0.15) is 0 Å². The van der Waals surface area contributed by atoms with E-state index in [9.17, 15) is 0 Å². The smallest absolute Gasteiger partial charge is 0.171 e. The lowest BCUT2D eigenvalue weighted by atomic mass is 10.3. The van der Waals surface area contributed by atoms with Crippen LogP contribution in [0.4, 0.5) is 5.69 Å². The van der Waals surface area contributed by atoms with Gasteiger partial charge in [-0.15, -0.1) is 0 Å². The Kier molecular flexibility index (Phi) is 5.43. The first-order valence-electron chi connectivity index (χ1n) is 7.92. The maximum Gasteiger partial charge on any atom is 0.171 e. The van der Waals surface area contributed by atoms with E-state index in [0.717, 1.165) is 24.3 Å². The molecule has 2 aromatic rings. The van der Waals surface area contributed by atoms with Gasteiger partial charge < -0.3 is 20.1 Å². The van der Waals surface area contributed by atoms with Crippen LogP contribution in [0.25, 0.3) is 0 Å². The van der Waals surface area contributed by atoms with Crippen molar-refractivity contribution in [2.75, 3.05) is 11.9 Å². The van der Waals surface area contributed by atoms with Crippen LogP contribution in [-0.4, -0.2) is 17.8 Å². The summed E-state index contributed by atoms with van der Waals surface area (Å²) in [5, 5.41) is 7.60. The summed E-state index contributed by atoms with van der Waals surface area (Å²) in [6, 6.07) is 13.4. The molecule has 0 amide bonds. The van der Waals surface area contributed by atoms with Crippen LogP contribution in [0, 0.1) is 0 Å². The van der Waals surface area contributed by atoms with Crippen molar-refractivity contribution in [2.24, 2.45) is 0 Å². The topological polar surface area (TPSA) is 42.5 Å². The van der Waals surface area contributed by atoms with Crippen molar-refractivity contribution in [3.63, 3.8) is 0 Å². The number of hydrogen-bond donors (Lipinski definition) is 2. The molecule has 0 heterocycles. The first kappa shape index (κ1) is 16.9. The highest BCUT2D eigenvalue weighted by molar-refractivity contribution is 7.80. The van der Waals surface area contributed by atoms with E-state index in [2.05, 4.69) is 10.6 Å². The van der Waals surface area contributed by atoms with Gasteiger partial charge in [-0.05, 0) is 74.4 Å². The van der Waals surface area contributed by atoms with Crippen molar-refractivity contribution in [3.8, 4) is 17.2 Å². The van der Waals surface area contributed by atoms with Crippen LogP contribution < -0.4 is 20.1 Å². The number of anilines is 1. The molecule has 0 radical (unpaired) electrons. The highest BCUT2D eigenvalue weighted by Crippen LogP contribution is 2.33. The van der Waals surface area contributed by atoms with Crippen LogP contribution in [0.2, 0.25) is 5.02 Å². The molecule has 6 heteroatoms. The quantitative estimate of drug-likeness (QED) is 0.709. The van der Waals surface area contributed by atoms with Crippen LogP contribution in [0.15, 0.2) is 42.5 Å². The predicted octanol–water partition coefficient (Wildman–Crippen LogP) is 4.98. The second-order valence-electron chi connectivity index (χ2n) is 5.52. The third-order valence-corrected chi connectivity index (χ3v) is 3.92. The summed E-state index contributed by atoms with van der Waals surface area (Å²) in [6.07, 6.45) is 2.32. The third-order valence-electron chi connectivity index (χ3n) is 3.46. The van der Waals surface area contributed by atoms with Crippen LogP contribution >= 0.6 is 23.8 Å². The molecular formula is C18H19ClN2O2S. The highest BCUT2D eigenvalue weighted by atomic mass is 35.5. The molecule has 1 aliphatic carbocycles. The van der Waals surface area contributed by atoms with E-state index in [0.29, 0.717) is 34.3 Å². The second-order valence-corrected chi connectivity index (χ2v) is 6.36. The van der Waals surface area contributed by atoms with Crippen LogP contribution in [0.3, 0.4) is 0 Å². The Morgan fingerprint density at radius 3 is 2.54 bits per heavy atom. The number of hydrogen-bond acceptors (Lipinski definition) is 3. The minimum atomic E-state index is 0.486. The Labute approximate surface area is 152 Å². The largest absolute Gasteiger partial charge is 0.494 e. The van der Waals surface area contributed by atoms with Crippen molar-refractivity contribution >= 4 is 34.6 Å². The summed E-state index contributed by atoms with van der Waals surface area (Å²) >= 11 is 11.4. The predicted molar refractivity (Wildman–Crippen MR) is 102 cm³/mol. The number of halogens is 1. The fraction of sp³-hybridized carbons (Fsp3) is 0.278. The lowest BCUT2D eigenvalue weighted by Gasteiger charge is -2.15. The number of ether oxygens (including phenoxy) is 2. The van der Waals surface area contributed by atoms with E-state index in [1.807, 2.05) is 37.3 Å². The maximum atomic E-state index is 6.10. The third kappa shape index (κ3) is 4.76. The molecule has 1 aliphatic rings. The summed E-state index contributed by atoms with van der Waals surface area (Å²) < 4.78 is 11.4. The van der Waals surface area contributed by atoms with Crippen molar-refractivity contribution in [3.05, 3.63) is 47.5 Å². The van der Waals surface area contributed by atoms with Crippen molar-refractivity contribution in [1.29, 1.82) is 0 Å². The second kappa shape index (κ2) is 7.73. The van der Waals surface area contributed by atoms with E-state index >= 15 is 0 Å². The normalized spacial score (nSPS) is 13.2. The average Bonchev–Trinajstić information content (AvgIpc) is 3.36. The molecule has 1 fully saturated rings. The minimum absolute atomic E-state index is 0.486. The molecule has 0 aromatic heterocycles. The van der Waals surface area contributed by atoms with Crippen molar-refractivity contribution in [2.45, 2.75) is 25.8 Å². The minimum Gasteiger partial charge on any atom is -0.494 e. The first-order valence-corrected chi connectivity index (χ1v) is 8.70. The zero-order valence-electron chi connectivity index (χ0n) is 13.3. The maximum absolute atomic E-state index is 6.10. The molecule has 24 heavy (non-hydrogen) atoms. The van der Waals surface area contributed by atoms with Gasteiger partial charge in [0.05, 0.1) is 12.3 Å². The van der Waals surface area contributed by atoms with E-state index < -0.39 is 0 Å². The molecule has 0 spiro atoms. The van der Waals surface area contributed by atoms with Gasteiger partial charge in [0.15, 0.2) is 10.9 Å². The zero-order valence-corrected chi connectivity index (χ0v) is 14.9. The fourth-order valence-corrected chi connectivity index (χ4v) is 2.61. The Morgan fingerprint density at radius 2 is 1.88 bits per heavy atom. The van der Waals surface area contributed by atoms with E-state index in [1.165, 1.54) is 0 Å². The molecule has 3 rings (SSSR count). The van der Waals surface area contributed by atoms with Gasteiger partial charge in [0.25, 0.3) is 0 Å². The van der Waals surface area contributed by atoms with Gasteiger partial charge in [-0.3, -0.25) is 0 Å². The van der Waals surface area contributed by atoms with E-state index in [1.54, 1.807) is 12.1 Å². The first-order chi connectivity index (χ1) is 11.6. The van der Waals surface area contributed by atoms with Gasteiger partial charge in [0.1, 0.15) is 11.5 Å². The molecule has 126 valence electrons. The van der Waals surface area contributed by atoms with Gasteiger partial charge >= 0.3 is 0 Å². The number of nitrogens with one attached hydrogen (secondary N) is 2. The van der Waals surface area contributed by atoms with Crippen LogP contribution in [0.1, 0.15) is 19.8 Å². The summed E-state index contributed by atoms with van der Waals surface area (Å²) in [5.41, 5.74) is 0.731. The molecule has 1 saturated carbocycles. The summed E-state index contributed by atoms with van der Waals surface area (Å²) in [7, 11) is 0. The van der Waals surface area contributed by atoms with E-state index in [-0.39, 0.29) is 0 Å². The van der Waals surface area contributed by atoms with Gasteiger partial charge in [0.2, 0.25) is 0 Å². The highest BCUT2D eigenvalue weighted by Gasteiger charge is 2.22. The van der Waals surface area contributed by atoms with Crippen molar-refractivity contribution in [1.82, 2.24) is 5.32 Å². The number of thiocarbonyl (C=S) groups is 1. The van der Waals surface area contributed by atoms with Gasteiger partial charge in [-0.25, -0.2) is 0 Å². The lowest BCUT2D eigenvalue weighted by Crippen LogP contribution is -2.30. The Balaban J connectivity index is 1.72. The monoisotopic (exact) mass is 362 g/mol. The lowest BCUT2D eigenvalue weighted by molar-refractivity contribution is 0.339. The van der Waals surface area contributed by atoms with Crippen LogP contribution in [0.5, 0.6) is 17.2 Å². The molecule has 2 N–H and O–H groups in total. The Morgan fingerprint density at radius 1 is 1.17 bits per heavy atom. The molecule has 0 saturated heterocycles. The summed E-state index contributed by atoms with van der Waals surface area (Å²) in [5.74, 6) is 2.18. The molecule has 4 nitrogen and oxygen atoms in total. The molecule has 0 bridgehead atoms. The summed E-state index contributed by atoms with van der Waals surface area (Å²) in [4.78, 5) is 0. The number of rotatable bonds is 6. The number of benzene rings is 2. The van der Waals surface area contributed by atoms with Gasteiger partial charge in [-0.1, -0.05) is 11.6 Å². The summed E-state index contributed by atoms with van der Waals surface area (Å²) in [6.45, 7) is 2.59. The Bertz CT molecular complexity index is 717. The Hall–Kier alpha value is -1.98. The molecular weight excluding hydrogens is 344 g/mol. The zero-order chi connectivity index (χ0) is 16.9. The fourth-order valence-electron chi connectivity index (χ4n) is 2.16. The average molecular weight is 363 g/mol. The van der Waals surface area contributed by atoms with Crippen molar-refractivity contribution < 1.29 is 9.47 Å². The molecule has 0 atom stereocenters. The molecule has 0 aliphatic heterocycles.